The Hall–Kier alpha value is -2.95. The second-order valence-electron chi connectivity index (χ2n) is 11.6. The summed E-state index contributed by atoms with van der Waals surface area (Å²) >= 11 is 1.60. The predicted molar refractivity (Wildman–Crippen MR) is 157 cm³/mol. The van der Waals surface area contributed by atoms with E-state index < -0.39 is 21.2 Å². The number of fused-ring (bicyclic) bond motifs is 1. The van der Waals surface area contributed by atoms with Crippen molar-refractivity contribution in [1.82, 2.24) is 9.88 Å². The standard InChI is InChI=1S/C30H35N3O5S2/c1-20-3-6-27(38-18-23-5-4-22(14-21(23)2)16-32-9-11-40(36,37)12-10-32)25(13-20)26-19-39-29(31-26)33-8-7-30(28(34)35)15-24(30)17-33/h3-6,13-14,19,24H,7-12,15-18H2,1-2H3,(H,34,35). The highest BCUT2D eigenvalue weighted by Crippen LogP contribution is 2.58. The number of rotatable bonds is 8. The number of piperidine rings is 1. The summed E-state index contributed by atoms with van der Waals surface area (Å²) < 4.78 is 29.8. The van der Waals surface area contributed by atoms with Gasteiger partial charge in [0.15, 0.2) is 15.0 Å². The van der Waals surface area contributed by atoms with Crippen LogP contribution in [-0.2, 0) is 27.8 Å². The van der Waals surface area contributed by atoms with Crippen LogP contribution in [0.4, 0.5) is 5.13 Å². The number of carboxylic acid groups (broad SMARTS) is 1. The zero-order chi connectivity index (χ0) is 28.1. The molecule has 1 saturated carbocycles. The fourth-order valence-electron chi connectivity index (χ4n) is 6.00. The van der Waals surface area contributed by atoms with E-state index in [0.717, 1.165) is 64.9 Å². The van der Waals surface area contributed by atoms with E-state index in [1.165, 1.54) is 5.56 Å². The molecule has 3 heterocycles. The van der Waals surface area contributed by atoms with Crippen LogP contribution < -0.4 is 9.64 Å². The summed E-state index contributed by atoms with van der Waals surface area (Å²) in [6.45, 7) is 7.98. The Morgan fingerprint density at radius 1 is 1.15 bits per heavy atom. The molecule has 2 unspecified atom stereocenters. The van der Waals surface area contributed by atoms with Gasteiger partial charge in [-0.15, -0.1) is 11.3 Å². The first kappa shape index (κ1) is 27.2. The van der Waals surface area contributed by atoms with Gasteiger partial charge < -0.3 is 14.7 Å². The van der Waals surface area contributed by atoms with E-state index in [-0.39, 0.29) is 17.4 Å². The lowest BCUT2D eigenvalue weighted by molar-refractivity contribution is -0.144. The smallest absolute Gasteiger partial charge is 0.310 e. The minimum absolute atomic E-state index is 0.217. The molecular weight excluding hydrogens is 546 g/mol. The normalized spacial score (nSPS) is 23.9. The van der Waals surface area contributed by atoms with Gasteiger partial charge in [0.2, 0.25) is 0 Å². The Labute approximate surface area is 239 Å². The highest BCUT2D eigenvalue weighted by Gasteiger charge is 2.62. The lowest BCUT2D eigenvalue weighted by Gasteiger charge is -2.29. The molecule has 3 aromatic rings. The third-order valence-corrected chi connectivity index (χ3v) is 11.2. The topological polar surface area (TPSA) is 100 Å². The first-order valence-corrected chi connectivity index (χ1v) is 16.5. The van der Waals surface area contributed by atoms with Gasteiger partial charge in [-0.25, -0.2) is 13.4 Å². The maximum atomic E-state index is 11.7. The van der Waals surface area contributed by atoms with Crippen molar-refractivity contribution in [3.05, 3.63) is 64.0 Å². The Morgan fingerprint density at radius 2 is 1.95 bits per heavy atom. The van der Waals surface area contributed by atoms with Crippen LogP contribution in [-0.4, -0.2) is 67.1 Å². The van der Waals surface area contributed by atoms with E-state index in [4.69, 9.17) is 9.72 Å². The fourth-order valence-corrected chi connectivity index (χ4v) is 8.14. The van der Waals surface area contributed by atoms with Crippen LogP contribution in [0.5, 0.6) is 5.75 Å². The van der Waals surface area contributed by atoms with Gasteiger partial charge in [0.25, 0.3) is 0 Å². The van der Waals surface area contributed by atoms with Crippen molar-refractivity contribution in [2.45, 2.75) is 39.8 Å². The van der Waals surface area contributed by atoms with Crippen molar-refractivity contribution in [3.63, 3.8) is 0 Å². The lowest BCUT2D eigenvalue weighted by Crippen LogP contribution is -2.39. The summed E-state index contributed by atoms with van der Waals surface area (Å²) in [6.07, 6.45) is 1.45. The van der Waals surface area contributed by atoms with Crippen molar-refractivity contribution in [2.75, 3.05) is 42.6 Å². The zero-order valence-corrected chi connectivity index (χ0v) is 24.6. The minimum atomic E-state index is -2.88. The quantitative estimate of drug-likeness (QED) is 0.414. The Morgan fingerprint density at radius 3 is 2.67 bits per heavy atom. The molecule has 0 bridgehead atoms. The molecule has 10 heteroatoms. The van der Waals surface area contributed by atoms with Gasteiger partial charge in [-0.1, -0.05) is 29.8 Å². The summed E-state index contributed by atoms with van der Waals surface area (Å²) in [5.41, 5.74) is 5.90. The molecule has 2 saturated heterocycles. The number of hydrogen-bond donors (Lipinski definition) is 1. The average Bonchev–Trinajstić information content (AvgIpc) is 3.48. The number of carboxylic acids is 1. The number of benzene rings is 2. The number of anilines is 1. The van der Waals surface area contributed by atoms with Crippen LogP contribution in [0.15, 0.2) is 41.8 Å². The predicted octanol–water partition coefficient (Wildman–Crippen LogP) is 4.54. The molecule has 1 aliphatic carbocycles. The Kier molecular flexibility index (Phi) is 7.13. The van der Waals surface area contributed by atoms with E-state index >= 15 is 0 Å². The van der Waals surface area contributed by atoms with Crippen LogP contribution in [0.2, 0.25) is 0 Å². The summed E-state index contributed by atoms with van der Waals surface area (Å²) in [5.74, 6) is 0.825. The molecule has 0 amide bonds. The molecule has 0 spiro atoms. The summed E-state index contributed by atoms with van der Waals surface area (Å²) in [6, 6.07) is 12.5. The van der Waals surface area contributed by atoms with Crippen molar-refractivity contribution >= 4 is 32.3 Å². The number of hydrogen-bond acceptors (Lipinski definition) is 8. The van der Waals surface area contributed by atoms with E-state index in [9.17, 15) is 18.3 Å². The maximum Gasteiger partial charge on any atom is 0.310 e. The van der Waals surface area contributed by atoms with Crippen LogP contribution >= 0.6 is 11.3 Å². The van der Waals surface area contributed by atoms with Gasteiger partial charge in [0, 0.05) is 43.7 Å². The van der Waals surface area contributed by atoms with Gasteiger partial charge >= 0.3 is 5.97 Å². The van der Waals surface area contributed by atoms with Crippen LogP contribution in [0.25, 0.3) is 11.3 Å². The van der Waals surface area contributed by atoms with Crippen LogP contribution in [0.1, 0.15) is 35.1 Å². The van der Waals surface area contributed by atoms with Crippen LogP contribution in [0, 0.1) is 25.2 Å². The number of sulfone groups is 1. The fraction of sp³-hybridized carbons (Fsp3) is 0.467. The van der Waals surface area contributed by atoms with Gasteiger partial charge in [-0.05, 0) is 61.4 Å². The number of thiazole rings is 1. The molecule has 2 aliphatic heterocycles. The third-order valence-electron chi connectivity index (χ3n) is 8.73. The lowest BCUT2D eigenvalue weighted by atomic mass is 9.96. The number of aromatic nitrogens is 1. The summed E-state index contributed by atoms with van der Waals surface area (Å²) in [7, 11) is -2.88. The third kappa shape index (κ3) is 5.49. The highest BCUT2D eigenvalue weighted by atomic mass is 32.2. The molecule has 1 aromatic heterocycles. The summed E-state index contributed by atoms with van der Waals surface area (Å²) in [4.78, 5) is 21.0. The number of aliphatic carboxylic acids is 1. The Balaban J connectivity index is 1.12. The SMILES string of the molecule is Cc1ccc(OCc2ccc(CN3CCS(=O)(=O)CC3)cc2C)c(-c2csc(N3CCC4(C(=O)O)CC4C3)n2)c1. The number of ether oxygens (including phenoxy) is 1. The van der Waals surface area contributed by atoms with E-state index in [2.05, 4.69) is 53.3 Å². The summed E-state index contributed by atoms with van der Waals surface area (Å²) in [5, 5.41) is 12.6. The van der Waals surface area contributed by atoms with E-state index in [1.54, 1.807) is 11.3 Å². The number of aryl methyl sites for hydroxylation is 2. The number of carbonyl (C=O) groups is 1. The molecule has 3 fully saturated rings. The van der Waals surface area contributed by atoms with Gasteiger partial charge in [-0.2, -0.15) is 0 Å². The second-order valence-corrected chi connectivity index (χ2v) is 14.7. The van der Waals surface area contributed by atoms with E-state index in [1.807, 2.05) is 12.1 Å². The van der Waals surface area contributed by atoms with Crippen LogP contribution in [0.3, 0.4) is 0 Å². The zero-order valence-electron chi connectivity index (χ0n) is 22.9. The highest BCUT2D eigenvalue weighted by molar-refractivity contribution is 7.91. The molecular formula is C30H35N3O5S2. The first-order chi connectivity index (χ1) is 19.1. The molecule has 2 atom stereocenters. The van der Waals surface area contributed by atoms with Crippen molar-refractivity contribution in [1.29, 1.82) is 0 Å². The van der Waals surface area contributed by atoms with Crippen molar-refractivity contribution < 1.29 is 23.1 Å². The maximum absolute atomic E-state index is 11.7. The Bertz CT molecular complexity index is 1540. The molecule has 1 N–H and O–H groups in total. The molecule has 3 aliphatic rings. The molecule has 2 aromatic carbocycles. The minimum Gasteiger partial charge on any atom is -0.488 e. The first-order valence-electron chi connectivity index (χ1n) is 13.8. The molecule has 8 nitrogen and oxygen atoms in total. The van der Waals surface area contributed by atoms with Crippen molar-refractivity contribution in [3.8, 4) is 17.0 Å². The largest absolute Gasteiger partial charge is 0.488 e. The molecule has 40 heavy (non-hydrogen) atoms. The van der Waals surface area contributed by atoms with Gasteiger partial charge in [-0.3, -0.25) is 9.69 Å². The average molecular weight is 582 g/mol. The van der Waals surface area contributed by atoms with Gasteiger partial charge in [0.05, 0.1) is 22.6 Å². The molecule has 0 radical (unpaired) electrons. The number of nitrogens with zero attached hydrogens (tertiary/aromatic N) is 3. The van der Waals surface area contributed by atoms with Gasteiger partial charge in [0.1, 0.15) is 12.4 Å². The monoisotopic (exact) mass is 581 g/mol. The van der Waals surface area contributed by atoms with Crippen molar-refractivity contribution in [2.24, 2.45) is 11.3 Å². The molecule has 212 valence electrons. The molecule has 6 rings (SSSR count). The van der Waals surface area contributed by atoms with E-state index in [0.29, 0.717) is 26.1 Å². The second kappa shape index (κ2) is 10.5.